The van der Waals surface area contributed by atoms with Crippen molar-refractivity contribution in [1.82, 2.24) is 9.80 Å². The Kier molecular flexibility index (Phi) is 3.76. The van der Waals surface area contributed by atoms with Crippen molar-refractivity contribution in [2.45, 2.75) is 18.5 Å². The number of amides is 3. The highest BCUT2D eigenvalue weighted by Crippen LogP contribution is 2.28. The van der Waals surface area contributed by atoms with Gasteiger partial charge in [-0.1, -0.05) is 6.58 Å². The van der Waals surface area contributed by atoms with Gasteiger partial charge in [0.2, 0.25) is 5.91 Å². The third-order valence-corrected chi connectivity index (χ3v) is 3.87. The fourth-order valence-corrected chi connectivity index (χ4v) is 2.78. The van der Waals surface area contributed by atoms with Crippen molar-refractivity contribution in [3.63, 3.8) is 0 Å². The molecule has 2 heterocycles. The Morgan fingerprint density at radius 3 is 2.55 bits per heavy atom. The van der Waals surface area contributed by atoms with Crippen LogP contribution in [-0.2, 0) is 19.2 Å². The normalized spacial score (nSPS) is 25.9. The van der Waals surface area contributed by atoms with Crippen LogP contribution in [0.5, 0.6) is 0 Å². The van der Waals surface area contributed by atoms with E-state index in [1.807, 2.05) is 0 Å². The monoisotopic (exact) mass is 342 g/mol. The standard InChI is InChI=1S/C12H11BrN2O5/c1-2-9(16)14-5-6(3-8(14)12(19)20)15-10(17)4-7(13)11(15)18/h2,4,6,8H,1,3,5H2,(H,19,20)/t6-,8-/m0/s1. The average Bonchev–Trinajstić information content (AvgIpc) is 2.91. The van der Waals surface area contributed by atoms with E-state index in [1.165, 1.54) is 0 Å². The van der Waals surface area contributed by atoms with Gasteiger partial charge in [-0.2, -0.15) is 0 Å². The molecule has 106 valence electrons. The number of imide groups is 1. The smallest absolute Gasteiger partial charge is 0.326 e. The van der Waals surface area contributed by atoms with Gasteiger partial charge in [-0.3, -0.25) is 19.3 Å². The van der Waals surface area contributed by atoms with Crippen LogP contribution in [0.25, 0.3) is 0 Å². The summed E-state index contributed by atoms with van der Waals surface area (Å²) < 4.78 is 0.128. The number of carboxylic acid groups (broad SMARTS) is 1. The molecule has 0 aromatic rings. The highest BCUT2D eigenvalue weighted by molar-refractivity contribution is 9.12. The first-order valence-electron chi connectivity index (χ1n) is 5.77. The molecule has 3 amide bonds. The molecule has 0 bridgehead atoms. The Labute approximate surface area is 122 Å². The predicted octanol–water partition coefficient (Wildman–Crippen LogP) is -0.126. The average molecular weight is 343 g/mol. The Morgan fingerprint density at radius 1 is 1.45 bits per heavy atom. The lowest BCUT2D eigenvalue weighted by Crippen LogP contribution is -2.43. The van der Waals surface area contributed by atoms with Gasteiger partial charge in [0.05, 0.1) is 10.5 Å². The summed E-state index contributed by atoms with van der Waals surface area (Å²) in [5.74, 6) is -2.74. The van der Waals surface area contributed by atoms with Crippen LogP contribution in [-0.4, -0.2) is 57.2 Å². The molecule has 0 saturated carbocycles. The number of nitrogens with zero attached hydrogens (tertiary/aromatic N) is 2. The molecule has 2 rings (SSSR count). The fraction of sp³-hybridized carbons (Fsp3) is 0.333. The topological polar surface area (TPSA) is 95.0 Å². The first-order valence-corrected chi connectivity index (χ1v) is 6.56. The lowest BCUT2D eigenvalue weighted by Gasteiger charge is -2.22. The third-order valence-electron chi connectivity index (χ3n) is 3.30. The van der Waals surface area contributed by atoms with E-state index in [0.717, 1.165) is 22.0 Å². The fourth-order valence-electron chi connectivity index (χ4n) is 2.40. The molecule has 8 heteroatoms. The summed E-state index contributed by atoms with van der Waals surface area (Å²) in [6.45, 7) is 3.31. The summed E-state index contributed by atoms with van der Waals surface area (Å²) in [7, 11) is 0. The van der Waals surface area contributed by atoms with Crippen molar-refractivity contribution in [3.8, 4) is 0 Å². The van der Waals surface area contributed by atoms with Crippen LogP contribution >= 0.6 is 15.9 Å². The van der Waals surface area contributed by atoms with Gasteiger partial charge in [0.25, 0.3) is 11.8 Å². The van der Waals surface area contributed by atoms with E-state index in [1.54, 1.807) is 0 Å². The molecule has 2 atom stereocenters. The SMILES string of the molecule is C=CC(=O)N1C[C@@H](N2C(=O)C=C(Br)C2=O)C[C@H]1C(=O)O. The van der Waals surface area contributed by atoms with Gasteiger partial charge in [-0.15, -0.1) is 0 Å². The van der Waals surface area contributed by atoms with Crippen LogP contribution in [0, 0.1) is 0 Å². The molecule has 1 fully saturated rings. The molecule has 2 aliphatic heterocycles. The first kappa shape index (κ1) is 14.4. The molecule has 0 aromatic heterocycles. The second-order valence-corrected chi connectivity index (χ2v) is 5.30. The second kappa shape index (κ2) is 5.20. The maximum atomic E-state index is 11.8. The van der Waals surface area contributed by atoms with E-state index in [9.17, 15) is 19.2 Å². The van der Waals surface area contributed by atoms with E-state index in [-0.39, 0.29) is 17.4 Å². The van der Waals surface area contributed by atoms with Crippen LogP contribution in [0.3, 0.4) is 0 Å². The second-order valence-electron chi connectivity index (χ2n) is 4.44. The van der Waals surface area contributed by atoms with E-state index in [0.29, 0.717) is 0 Å². The van der Waals surface area contributed by atoms with E-state index in [2.05, 4.69) is 22.5 Å². The molecule has 0 radical (unpaired) electrons. The Morgan fingerprint density at radius 2 is 2.10 bits per heavy atom. The molecule has 7 nitrogen and oxygen atoms in total. The highest BCUT2D eigenvalue weighted by atomic mass is 79.9. The summed E-state index contributed by atoms with van der Waals surface area (Å²) in [6, 6.07) is -1.71. The minimum atomic E-state index is -1.17. The molecular weight excluding hydrogens is 332 g/mol. The molecular formula is C12H11BrN2O5. The van der Waals surface area contributed by atoms with Crippen LogP contribution in [0.15, 0.2) is 23.2 Å². The maximum absolute atomic E-state index is 11.8. The Hall–Kier alpha value is -1.96. The molecule has 0 aliphatic carbocycles. The van der Waals surface area contributed by atoms with E-state index >= 15 is 0 Å². The number of halogens is 1. The Balaban J connectivity index is 2.23. The molecule has 0 spiro atoms. The largest absolute Gasteiger partial charge is 0.480 e. The maximum Gasteiger partial charge on any atom is 0.326 e. The number of carbonyl (C=O) groups excluding carboxylic acids is 3. The van der Waals surface area contributed by atoms with Crippen LogP contribution in [0.2, 0.25) is 0 Å². The Bertz CT molecular complexity index is 556. The molecule has 0 unspecified atom stereocenters. The summed E-state index contributed by atoms with van der Waals surface area (Å²) in [6.07, 6.45) is 2.16. The van der Waals surface area contributed by atoms with Gasteiger partial charge < -0.3 is 10.0 Å². The van der Waals surface area contributed by atoms with Crippen molar-refractivity contribution in [2.24, 2.45) is 0 Å². The van der Waals surface area contributed by atoms with Crippen molar-refractivity contribution in [1.29, 1.82) is 0 Å². The number of likely N-dealkylation sites (tertiary alicyclic amines) is 1. The lowest BCUT2D eigenvalue weighted by molar-refractivity contribution is -0.146. The zero-order valence-electron chi connectivity index (χ0n) is 10.3. The van der Waals surface area contributed by atoms with Crippen molar-refractivity contribution in [2.75, 3.05) is 6.54 Å². The minimum Gasteiger partial charge on any atom is -0.480 e. The number of aliphatic carboxylic acids is 1. The highest BCUT2D eigenvalue weighted by Gasteiger charge is 2.46. The van der Waals surface area contributed by atoms with Gasteiger partial charge >= 0.3 is 5.97 Å². The van der Waals surface area contributed by atoms with Crippen molar-refractivity contribution >= 4 is 39.6 Å². The molecule has 2 aliphatic rings. The molecule has 0 aromatic carbocycles. The number of hydrogen-bond acceptors (Lipinski definition) is 4. The molecule has 1 saturated heterocycles. The van der Waals surface area contributed by atoms with Crippen molar-refractivity contribution < 1.29 is 24.3 Å². The zero-order chi connectivity index (χ0) is 15.0. The zero-order valence-corrected chi connectivity index (χ0v) is 11.9. The van der Waals surface area contributed by atoms with Gasteiger partial charge in [0, 0.05) is 19.0 Å². The van der Waals surface area contributed by atoms with Gasteiger partial charge in [0.1, 0.15) is 6.04 Å². The number of rotatable bonds is 3. The van der Waals surface area contributed by atoms with Crippen LogP contribution in [0.1, 0.15) is 6.42 Å². The van der Waals surface area contributed by atoms with Crippen LogP contribution < -0.4 is 0 Å². The summed E-state index contributed by atoms with van der Waals surface area (Å²) in [4.78, 5) is 48.5. The number of carboxylic acids is 1. The quantitative estimate of drug-likeness (QED) is 0.569. The molecule has 1 N–H and O–H groups in total. The minimum absolute atomic E-state index is 0.00653. The van der Waals surface area contributed by atoms with Gasteiger partial charge in [0.15, 0.2) is 0 Å². The molecule has 20 heavy (non-hydrogen) atoms. The number of carbonyl (C=O) groups is 4. The van der Waals surface area contributed by atoms with Crippen LogP contribution in [0.4, 0.5) is 0 Å². The lowest BCUT2D eigenvalue weighted by atomic mass is 10.1. The predicted molar refractivity (Wildman–Crippen MR) is 70.6 cm³/mol. The first-order chi connectivity index (χ1) is 9.36. The third kappa shape index (κ3) is 2.26. The summed E-state index contributed by atoms with van der Waals surface area (Å²) >= 11 is 2.97. The van der Waals surface area contributed by atoms with Gasteiger partial charge in [-0.25, -0.2) is 4.79 Å². The van der Waals surface area contributed by atoms with Crippen molar-refractivity contribution in [3.05, 3.63) is 23.2 Å². The van der Waals surface area contributed by atoms with Gasteiger partial charge in [-0.05, 0) is 22.0 Å². The number of hydrogen-bond donors (Lipinski definition) is 1. The summed E-state index contributed by atoms with van der Waals surface area (Å²) in [5, 5.41) is 9.13. The van der Waals surface area contributed by atoms with E-state index < -0.39 is 35.8 Å². The van der Waals surface area contributed by atoms with E-state index in [4.69, 9.17) is 5.11 Å². The summed E-state index contributed by atoms with van der Waals surface area (Å²) in [5.41, 5.74) is 0.